The van der Waals surface area contributed by atoms with Crippen LogP contribution in [-0.4, -0.2) is 54.7 Å². The molecule has 1 aromatic carbocycles. The van der Waals surface area contributed by atoms with Gasteiger partial charge in [0.15, 0.2) is 0 Å². The van der Waals surface area contributed by atoms with E-state index in [-0.39, 0.29) is 35.4 Å². The highest BCUT2D eigenvalue weighted by Crippen LogP contribution is 2.39. The first-order valence-electron chi connectivity index (χ1n) is 16.5. The number of amides is 2. The van der Waals surface area contributed by atoms with Crippen LogP contribution in [0.5, 0.6) is 5.75 Å². The Balaban J connectivity index is 0.00000104. The van der Waals surface area contributed by atoms with Crippen LogP contribution in [0, 0.1) is 17.2 Å². The molecule has 0 spiro atoms. The molecule has 1 unspecified atom stereocenters. The Morgan fingerprint density at radius 3 is 2.37 bits per heavy atom. The fourth-order valence-corrected chi connectivity index (χ4v) is 4.47. The Kier molecular flexibility index (Phi) is 22.0. The maximum atomic E-state index is 12.5. The molecule has 8 heteroatoms. The van der Waals surface area contributed by atoms with E-state index < -0.39 is 0 Å². The molecule has 2 rings (SSSR count). The first-order chi connectivity index (χ1) is 21.9. The van der Waals surface area contributed by atoms with E-state index in [9.17, 15) is 20.0 Å². The summed E-state index contributed by atoms with van der Waals surface area (Å²) in [6.07, 6.45) is 16.8. The quantitative estimate of drug-likeness (QED) is 0.0835. The van der Waals surface area contributed by atoms with Crippen molar-refractivity contribution < 1.29 is 14.7 Å². The van der Waals surface area contributed by atoms with E-state index in [2.05, 4.69) is 68.9 Å². The highest BCUT2D eigenvalue weighted by atomic mass is 16.3. The number of carbonyl (C=O) groups is 2. The molecular formula is C38H59N5O3. The van der Waals surface area contributed by atoms with Crippen molar-refractivity contribution in [1.82, 2.24) is 10.2 Å². The summed E-state index contributed by atoms with van der Waals surface area (Å²) in [6.45, 7) is 16.6. The molecule has 0 bridgehead atoms. The minimum atomic E-state index is -0.258. The summed E-state index contributed by atoms with van der Waals surface area (Å²) in [6, 6.07) is 6.93. The fourth-order valence-electron chi connectivity index (χ4n) is 4.47. The van der Waals surface area contributed by atoms with Crippen LogP contribution in [0.25, 0.3) is 0 Å². The number of allylic oxidation sites excluding steroid dienone is 3. The van der Waals surface area contributed by atoms with E-state index in [1.165, 1.54) is 30.5 Å². The van der Waals surface area contributed by atoms with Crippen LogP contribution in [0.3, 0.4) is 0 Å². The number of nitriles is 1. The second-order valence-corrected chi connectivity index (χ2v) is 11.9. The number of hydrogen-bond acceptors (Lipinski definition) is 6. The lowest BCUT2D eigenvalue weighted by atomic mass is 9.74. The molecule has 2 amide bonds. The van der Waals surface area contributed by atoms with Crippen molar-refractivity contribution in [2.75, 3.05) is 20.6 Å². The standard InChI is InChI=1S/C24H30N4O2.C9H19NO.C5H10/c1-3-5-7-17(6-4-2)15-27-16-20(14-26)24(30)28-21-10-19(11-21)23-12-22(29)9-8-18(23)13-25;1-5-6-7-8(2)9(11)10(3)4;1-4-5(2)3/h5-9,12,14,16,19,21,29H,3-4,10-11,15,26H2,1-2H3,(H,28,30);8H,5-7H2,1-4H3;2,4H2,1,3H3/b7-5+,17-6+,20-14+,27-16?;;. The Morgan fingerprint density at radius 1 is 1.22 bits per heavy atom. The number of unbranched alkanes of at least 4 members (excludes halogenated alkanes) is 1. The lowest BCUT2D eigenvalue weighted by molar-refractivity contribution is -0.132. The molecule has 8 nitrogen and oxygen atoms in total. The van der Waals surface area contributed by atoms with E-state index in [1.807, 2.05) is 27.9 Å². The summed E-state index contributed by atoms with van der Waals surface area (Å²) in [5.74, 6) is 0.476. The molecule has 1 aliphatic rings. The zero-order valence-corrected chi connectivity index (χ0v) is 29.6. The number of nitrogens with zero attached hydrogens (tertiary/aromatic N) is 3. The molecule has 0 radical (unpaired) electrons. The van der Waals surface area contributed by atoms with Crippen molar-refractivity contribution in [3.63, 3.8) is 0 Å². The molecule has 1 aliphatic carbocycles. The van der Waals surface area contributed by atoms with E-state index >= 15 is 0 Å². The van der Waals surface area contributed by atoms with Crippen LogP contribution in [0.1, 0.15) is 110 Å². The Labute approximate surface area is 278 Å². The number of aromatic hydroxyl groups is 1. The number of nitrogens with two attached hydrogens (primary N) is 1. The van der Waals surface area contributed by atoms with Gasteiger partial charge in [0.05, 0.1) is 23.8 Å². The lowest BCUT2D eigenvalue weighted by Gasteiger charge is -2.36. The van der Waals surface area contributed by atoms with E-state index in [1.54, 1.807) is 17.0 Å². The summed E-state index contributed by atoms with van der Waals surface area (Å²) < 4.78 is 0. The number of phenolic OH excluding ortho intramolecular Hbond substituents is 1. The number of aliphatic imine (C=N–C) groups is 1. The second kappa shape index (κ2) is 24.2. The van der Waals surface area contributed by atoms with Gasteiger partial charge in [-0.15, -0.1) is 6.58 Å². The third kappa shape index (κ3) is 16.8. The number of benzene rings is 1. The summed E-state index contributed by atoms with van der Waals surface area (Å²) in [5.41, 5.74) is 9.70. The van der Waals surface area contributed by atoms with Gasteiger partial charge in [-0.3, -0.25) is 14.6 Å². The van der Waals surface area contributed by atoms with Crippen molar-refractivity contribution in [3.05, 3.63) is 77.1 Å². The predicted octanol–water partition coefficient (Wildman–Crippen LogP) is 7.72. The smallest absolute Gasteiger partial charge is 0.254 e. The average molecular weight is 634 g/mol. The Morgan fingerprint density at radius 2 is 1.87 bits per heavy atom. The van der Waals surface area contributed by atoms with Gasteiger partial charge >= 0.3 is 0 Å². The average Bonchev–Trinajstić information content (AvgIpc) is 3.02. The topological polar surface area (TPSA) is 132 Å². The highest BCUT2D eigenvalue weighted by Gasteiger charge is 2.33. The first kappa shape index (κ1) is 41.9. The second-order valence-electron chi connectivity index (χ2n) is 11.9. The summed E-state index contributed by atoms with van der Waals surface area (Å²) >= 11 is 0. The van der Waals surface area contributed by atoms with Gasteiger partial charge in [0.25, 0.3) is 5.91 Å². The van der Waals surface area contributed by atoms with E-state index in [0.29, 0.717) is 30.5 Å². The van der Waals surface area contributed by atoms with Gasteiger partial charge in [-0.25, -0.2) is 0 Å². The minimum absolute atomic E-state index is 0.00257. The number of rotatable bonds is 14. The predicted molar refractivity (Wildman–Crippen MR) is 193 cm³/mol. The minimum Gasteiger partial charge on any atom is -0.508 e. The summed E-state index contributed by atoms with van der Waals surface area (Å²) in [4.78, 5) is 29.8. The van der Waals surface area contributed by atoms with Crippen LogP contribution in [0.4, 0.5) is 0 Å². The Hall–Kier alpha value is -4.12. The normalized spacial score (nSPS) is 16.7. The molecule has 0 aromatic heterocycles. The molecule has 1 atom stereocenters. The van der Waals surface area contributed by atoms with Crippen LogP contribution in [0.2, 0.25) is 0 Å². The highest BCUT2D eigenvalue weighted by molar-refractivity contribution is 6.12. The summed E-state index contributed by atoms with van der Waals surface area (Å²) in [7, 11) is 3.62. The van der Waals surface area contributed by atoms with Gasteiger partial charge in [-0.1, -0.05) is 71.3 Å². The molecule has 46 heavy (non-hydrogen) atoms. The third-order valence-corrected chi connectivity index (χ3v) is 7.51. The third-order valence-electron chi connectivity index (χ3n) is 7.51. The molecule has 0 saturated heterocycles. The molecule has 1 aromatic rings. The van der Waals surface area contributed by atoms with Crippen LogP contribution in [-0.2, 0) is 9.59 Å². The van der Waals surface area contributed by atoms with Gasteiger partial charge < -0.3 is 21.1 Å². The van der Waals surface area contributed by atoms with Crippen molar-refractivity contribution in [2.24, 2.45) is 16.6 Å². The van der Waals surface area contributed by atoms with Crippen molar-refractivity contribution in [2.45, 2.75) is 105 Å². The van der Waals surface area contributed by atoms with Crippen LogP contribution in [0.15, 0.2) is 70.9 Å². The molecule has 1 fully saturated rings. The molecule has 1 saturated carbocycles. The van der Waals surface area contributed by atoms with Gasteiger partial charge in [0.2, 0.25) is 5.91 Å². The lowest BCUT2D eigenvalue weighted by Crippen LogP contribution is -2.44. The van der Waals surface area contributed by atoms with Gasteiger partial charge in [0.1, 0.15) is 5.75 Å². The molecule has 4 N–H and O–H groups in total. The van der Waals surface area contributed by atoms with Gasteiger partial charge in [0, 0.05) is 38.5 Å². The maximum absolute atomic E-state index is 12.5. The maximum Gasteiger partial charge on any atom is 0.254 e. The first-order valence-corrected chi connectivity index (χ1v) is 16.5. The number of nitrogens with one attached hydrogen (secondary N) is 1. The van der Waals surface area contributed by atoms with Crippen molar-refractivity contribution in [1.29, 1.82) is 5.26 Å². The van der Waals surface area contributed by atoms with Crippen molar-refractivity contribution >= 4 is 18.0 Å². The fraction of sp³-hybridized carbons (Fsp3) is 0.526. The zero-order valence-electron chi connectivity index (χ0n) is 29.6. The summed E-state index contributed by atoms with van der Waals surface area (Å²) in [5, 5.41) is 21.9. The molecule has 0 aliphatic heterocycles. The Bertz CT molecular complexity index is 1250. The van der Waals surface area contributed by atoms with Gasteiger partial charge in [-0.2, -0.15) is 5.26 Å². The number of phenols is 1. The van der Waals surface area contributed by atoms with Crippen molar-refractivity contribution in [3.8, 4) is 11.8 Å². The monoisotopic (exact) mass is 633 g/mol. The number of carbonyl (C=O) groups excluding carboxylic acids is 2. The molecular weight excluding hydrogens is 574 g/mol. The number of hydrogen-bond donors (Lipinski definition) is 3. The van der Waals surface area contributed by atoms with Crippen LogP contribution < -0.4 is 11.1 Å². The molecule has 254 valence electrons. The van der Waals surface area contributed by atoms with Gasteiger partial charge in [-0.05, 0) is 80.7 Å². The molecule has 0 heterocycles. The van der Waals surface area contributed by atoms with E-state index in [0.717, 1.165) is 43.2 Å². The van der Waals surface area contributed by atoms with Crippen LogP contribution >= 0.6 is 0 Å². The SMILES string of the molecule is C=C(C)CC.CC/C=C/C(=C\CC)CN=C/C(=C\N)C(=O)NC1CC(c2cc(O)ccc2C#N)C1.CCCCC(C)C(=O)N(C)C. The van der Waals surface area contributed by atoms with E-state index in [4.69, 9.17) is 5.73 Å². The largest absolute Gasteiger partial charge is 0.508 e. The zero-order chi connectivity index (χ0) is 35.1.